The van der Waals surface area contributed by atoms with E-state index in [0.717, 1.165) is 12.8 Å². The summed E-state index contributed by atoms with van der Waals surface area (Å²) in [6, 6.07) is 12.4. The number of methoxy groups -OCH3 is 1. The van der Waals surface area contributed by atoms with E-state index in [1.807, 2.05) is 6.07 Å². The van der Waals surface area contributed by atoms with Gasteiger partial charge in [-0.25, -0.2) is 4.98 Å². The minimum Gasteiger partial charge on any atom is -0.497 e. The molecule has 1 aromatic carbocycles. The van der Waals surface area contributed by atoms with Gasteiger partial charge in [0, 0.05) is 18.4 Å². The number of nitrogens with zero attached hydrogens (tertiary/aromatic N) is 2. The van der Waals surface area contributed by atoms with Crippen LogP contribution in [0.1, 0.15) is 40.9 Å². The molecule has 3 rings (SSSR count). The molecule has 7 nitrogen and oxygen atoms in total. The number of benzene rings is 1. The first-order valence-corrected chi connectivity index (χ1v) is 8.84. The minimum absolute atomic E-state index is 0.155. The second kappa shape index (κ2) is 8.35. The molecule has 0 saturated heterocycles. The van der Waals surface area contributed by atoms with E-state index in [0.29, 0.717) is 23.5 Å². The van der Waals surface area contributed by atoms with Gasteiger partial charge >= 0.3 is 0 Å². The Labute approximate surface area is 157 Å². The molecule has 0 unspecified atom stereocenters. The van der Waals surface area contributed by atoms with E-state index >= 15 is 0 Å². The van der Waals surface area contributed by atoms with E-state index in [2.05, 4.69) is 22.5 Å². The zero-order valence-corrected chi connectivity index (χ0v) is 15.4. The van der Waals surface area contributed by atoms with E-state index in [1.165, 1.54) is 0 Å². The van der Waals surface area contributed by atoms with Gasteiger partial charge in [-0.1, -0.05) is 19.4 Å². The molecule has 2 N–H and O–H groups in total. The molecule has 2 amide bonds. The number of hydrogen-bond acceptors (Lipinski definition) is 4. The van der Waals surface area contributed by atoms with Gasteiger partial charge in [0.2, 0.25) is 5.82 Å². The average Bonchev–Trinajstić information content (AvgIpc) is 3.09. The van der Waals surface area contributed by atoms with Crippen molar-refractivity contribution in [3.05, 3.63) is 60.2 Å². The third-order valence-electron chi connectivity index (χ3n) is 4.13. The van der Waals surface area contributed by atoms with Crippen LogP contribution in [-0.2, 0) is 0 Å². The molecule has 7 heteroatoms. The summed E-state index contributed by atoms with van der Waals surface area (Å²) in [5, 5.41) is 5.64. The van der Waals surface area contributed by atoms with Gasteiger partial charge in [0.15, 0.2) is 5.69 Å². The van der Waals surface area contributed by atoms with Crippen LogP contribution < -0.4 is 15.4 Å². The van der Waals surface area contributed by atoms with Crippen molar-refractivity contribution in [3.63, 3.8) is 0 Å². The largest absolute Gasteiger partial charge is 0.497 e. The summed E-state index contributed by atoms with van der Waals surface area (Å²) in [6.07, 6.45) is 3.59. The van der Waals surface area contributed by atoms with Crippen LogP contribution in [0.5, 0.6) is 5.75 Å². The number of fused-ring (bicyclic) bond motifs is 1. The van der Waals surface area contributed by atoms with Gasteiger partial charge in [0.1, 0.15) is 5.75 Å². The molecule has 0 aliphatic carbocycles. The van der Waals surface area contributed by atoms with Crippen LogP contribution in [0.3, 0.4) is 0 Å². The Hall–Kier alpha value is -3.35. The lowest BCUT2D eigenvalue weighted by Gasteiger charge is -2.05. The van der Waals surface area contributed by atoms with E-state index < -0.39 is 5.91 Å². The van der Waals surface area contributed by atoms with Crippen molar-refractivity contribution in [1.29, 1.82) is 0 Å². The first-order chi connectivity index (χ1) is 13.1. The number of carbonyl (C=O) groups excluding carboxylic acids is 2. The predicted molar refractivity (Wildman–Crippen MR) is 103 cm³/mol. The Kier molecular flexibility index (Phi) is 5.71. The highest BCUT2D eigenvalue weighted by molar-refractivity contribution is 6.06. The fourth-order valence-electron chi connectivity index (χ4n) is 2.69. The minimum atomic E-state index is -0.394. The van der Waals surface area contributed by atoms with Crippen molar-refractivity contribution in [2.75, 3.05) is 19.0 Å². The zero-order valence-electron chi connectivity index (χ0n) is 15.4. The Morgan fingerprint density at radius 3 is 2.59 bits per heavy atom. The molecule has 0 bridgehead atoms. The second-order valence-corrected chi connectivity index (χ2v) is 6.03. The number of aromatic nitrogens is 2. The number of carbonyl (C=O) groups is 2. The van der Waals surface area contributed by atoms with Gasteiger partial charge in [0.05, 0.1) is 12.6 Å². The van der Waals surface area contributed by atoms with Gasteiger partial charge in [-0.15, -0.1) is 0 Å². The maximum absolute atomic E-state index is 12.7. The van der Waals surface area contributed by atoms with Gasteiger partial charge in [-0.05, 0) is 42.8 Å². The summed E-state index contributed by atoms with van der Waals surface area (Å²) < 4.78 is 6.73. The van der Waals surface area contributed by atoms with Crippen LogP contribution in [-0.4, -0.2) is 34.9 Å². The summed E-state index contributed by atoms with van der Waals surface area (Å²) in [5.41, 5.74) is 1.44. The average molecular weight is 366 g/mol. The fraction of sp³-hybridized carbons (Fsp3) is 0.250. The maximum atomic E-state index is 12.7. The molecule has 140 valence electrons. The SMILES string of the molecule is CCCCNC(=O)c1nc(C(=O)Nc2ccc(OC)cc2)n2ccccc12. The Morgan fingerprint density at radius 1 is 1.11 bits per heavy atom. The number of unbranched alkanes of at least 4 members (excludes halogenated alkanes) is 1. The molecule has 0 saturated carbocycles. The number of ether oxygens (including phenoxy) is 1. The number of pyridine rings is 1. The van der Waals surface area contributed by atoms with Crippen molar-refractivity contribution in [3.8, 4) is 5.75 Å². The van der Waals surface area contributed by atoms with Gasteiger partial charge in [0.25, 0.3) is 11.8 Å². The number of hydrogen-bond donors (Lipinski definition) is 2. The Balaban J connectivity index is 1.87. The molecule has 0 atom stereocenters. The van der Waals surface area contributed by atoms with E-state index in [1.54, 1.807) is 54.1 Å². The van der Waals surface area contributed by atoms with Crippen LogP contribution in [0, 0.1) is 0 Å². The molecular weight excluding hydrogens is 344 g/mol. The quantitative estimate of drug-likeness (QED) is 0.629. The van der Waals surface area contributed by atoms with Crippen molar-refractivity contribution < 1.29 is 14.3 Å². The molecule has 27 heavy (non-hydrogen) atoms. The summed E-state index contributed by atoms with van der Waals surface area (Å²) >= 11 is 0. The second-order valence-electron chi connectivity index (χ2n) is 6.03. The molecule has 0 radical (unpaired) electrons. The van der Waals surface area contributed by atoms with Crippen LogP contribution in [0.4, 0.5) is 5.69 Å². The summed E-state index contributed by atoms with van der Waals surface area (Å²) in [4.78, 5) is 29.5. The third kappa shape index (κ3) is 4.08. The fourth-order valence-corrected chi connectivity index (χ4v) is 2.69. The first-order valence-electron chi connectivity index (χ1n) is 8.84. The smallest absolute Gasteiger partial charge is 0.292 e. The Morgan fingerprint density at radius 2 is 1.89 bits per heavy atom. The zero-order chi connectivity index (χ0) is 19.2. The van der Waals surface area contributed by atoms with E-state index in [9.17, 15) is 9.59 Å². The first kappa shape index (κ1) is 18.4. The molecule has 3 aromatic rings. The van der Waals surface area contributed by atoms with Crippen molar-refractivity contribution in [2.45, 2.75) is 19.8 Å². The number of anilines is 1. The van der Waals surface area contributed by atoms with Crippen molar-refractivity contribution in [2.24, 2.45) is 0 Å². The number of imidazole rings is 1. The normalized spacial score (nSPS) is 10.6. The highest BCUT2D eigenvalue weighted by atomic mass is 16.5. The van der Waals surface area contributed by atoms with E-state index in [-0.39, 0.29) is 17.4 Å². The van der Waals surface area contributed by atoms with Crippen LogP contribution in [0.2, 0.25) is 0 Å². The molecular formula is C20H22N4O3. The van der Waals surface area contributed by atoms with E-state index in [4.69, 9.17) is 4.74 Å². The molecule has 0 spiro atoms. The molecule has 0 aliphatic heterocycles. The number of amides is 2. The van der Waals surface area contributed by atoms with Gasteiger partial charge in [-0.2, -0.15) is 0 Å². The van der Waals surface area contributed by atoms with Crippen LogP contribution in [0.15, 0.2) is 48.7 Å². The third-order valence-corrected chi connectivity index (χ3v) is 4.13. The van der Waals surface area contributed by atoms with Gasteiger partial charge in [-0.3, -0.25) is 14.0 Å². The maximum Gasteiger partial charge on any atom is 0.292 e. The van der Waals surface area contributed by atoms with Crippen molar-refractivity contribution in [1.82, 2.24) is 14.7 Å². The predicted octanol–water partition coefficient (Wildman–Crippen LogP) is 3.13. The molecule has 2 heterocycles. The summed E-state index contributed by atoms with van der Waals surface area (Å²) in [5.74, 6) is 0.178. The monoisotopic (exact) mass is 366 g/mol. The van der Waals surface area contributed by atoms with Crippen LogP contribution >= 0.6 is 0 Å². The molecule has 0 aliphatic rings. The highest BCUT2D eigenvalue weighted by Crippen LogP contribution is 2.18. The lowest BCUT2D eigenvalue weighted by Crippen LogP contribution is -2.25. The number of nitrogens with one attached hydrogen (secondary N) is 2. The van der Waals surface area contributed by atoms with Gasteiger partial charge < -0.3 is 15.4 Å². The Bertz CT molecular complexity index is 948. The molecule has 2 aromatic heterocycles. The van der Waals surface area contributed by atoms with Crippen LogP contribution in [0.25, 0.3) is 5.52 Å². The lowest BCUT2D eigenvalue weighted by molar-refractivity contribution is 0.0950. The summed E-state index contributed by atoms with van der Waals surface area (Å²) in [7, 11) is 1.58. The summed E-state index contributed by atoms with van der Waals surface area (Å²) in [6.45, 7) is 2.63. The molecule has 0 fully saturated rings. The lowest BCUT2D eigenvalue weighted by atomic mass is 10.3. The topological polar surface area (TPSA) is 84.7 Å². The number of rotatable bonds is 7. The highest BCUT2D eigenvalue weighted by Gasteiger charge is 2.21. The van der Waals surface area contributed by atoms with Crippen molar-refractivity contribution >= 4 is 23.0 Å². The standard InChI is InChI=1S/C20H22N4O3/c1-3-4-12-21-19(25)17-16-7-5-6-13-24(16)18(23-17)20(26)22-14-8-10-15(27-2)11-9-14/h5-11,13H,3-4,12H2,1-2H3,(H,21,25)(H,22,26).